The highest BCUT2D eigenvalue weighted by Crippen LogP contribution is 2.33. The van der Waals surface area contributed by atoms with Crippen LogP contribution >= 0.6 is 11.8 Å². The van der Waals surface area contributed by atoms with Gasteiger partial charge in [0.25, 0.3) is 5.91 Å². The van der Waals surface area contributed by atoms with E-state index in [1.54, 1.807) is 6.08 Å². The molecule has 112 valence electrons. The molecule has 0 aliphatic carbocycles. The van der Waals surface area contributed by atoms with E-state index in [9.17, 15) is 4.79 Å². The zero-order valence-electron chi connectivity index (χ0n) is 12.5. The molecule has 0 saturated carbocycles. The number of hydrogen-bond donors (Lipinski definition) is 1. The van der Waals surface area contributed by atoms with Gasteiger partial charge in [0.1, 0.15) is 0 Å². The van der Waals surface area contributed by atoms with E-state index < -0.39 is 0 Å². The highest BCUT2D eigenvalue weighted by atomic mass is 32.2. The third-order valence-corrected chi connectivity index (χ3v) is 4.41. The SMILES string of the molecule is C#C/C=C\c1c(C)cc2ccccc2c1/C=C1\SC(N)=NC1=O. The predicted octanol–water partition coefficient (Wildman–Crippen LogP) is 3.72. The van der Waals surface area contributed by atoms with E-state index >= 15 is 0 Å². The molecule has 2 N–H and O–H groups in total. The van der Waals surface area contributed by atoms with Crippen molar-refractivity contribution in [3.63, 3.8) is 0 Å². The molecule has 1 aliphatic heterocycles. The summed E-state index contributed by atoms with van der Waals surface area (Å²) in [6.45, 7) is 2.03. The molecule has 4 heteroatoms. The summed E-state index contributed by atoms with van der Waals surface area (Å²) in [5, 5.41) is 2.44. The summed E-state index contributed by atoms with van der Waals surface area (Å²) in [5.74, 6) is 2.21. The number of carbonyl (C=O) groups excluding carboxylic acids is 1. The number of carbonyl (C=O) groups is 1. The third-order valence-electron chi connectivity index (χ3n) is 3.60. The maximum atomic E-state index is 11.9. The number of hydrogen-bond acceptors (Lipinski definition) is 3. The maximum Gasteiger partial charge on any atom is 0.286 e. The van der Waals surface area contributed by atoms with Crippen molar-refractivity contribution in [2.24, 2.45) is 10.7 Å². The van der Waals surface area contributed by atoms with E-state index in [0.29, 0.717) is 4.91 Å². The Morgan fingerprint density at radius 3 is 2.78 bits per heavy atom. The number of amides is 1. The van der Waals surface area contributed by atoms with Gasteiger partial charge in [0.2, 0.25) is 0 Å². The van der Waals surface area contributed by atoms with Gasteiger partial charge in [0.15, 0.2) is 5.17 Å². The first kappa shape index (κ1) is 15.1. The van der Waals surface area contributed by atoms with Gasteiger partial charge in [0.05, 0.1) is 4.91 Å². The van der Waals surface area contributed by atoms with Crippen molar-refractivity contribution < 1.29 is 4.79 Å². The van der Waals surface area contributed by atoms with Crippen LogP contribution in [0.2, 0.25) is 0 Å². The van der Waals surface area contributed by atoms with Crippen LogP contribution in [0.4, 0.5) is 0 Å². The number of benzene rings is 2. The topological polar surface area (TPSA) is 55.4 Å². The minimum Gasteiger partial charge on any atom is -0.378 e. The summed E-state index contributed by atoms with van der Waals surface area (Å²) >= 11 is 1.19. The smallest absolute Gasteiger partial charge is 0.286 e. The highest BCUT2D eigenvalue weighted by molar-refractivity contribution is 8.18. The number of rotatable bonds is 2. The van der Waals surface area contributed by atoms with Gasteiger partial charge in [-0.25, -0.2) is 0 Å². The second kappa shape index (κ2) is 6.15. The number of aliphatic imine (C=N–C) groups is 1. The first-order chi connectivity index (χ1) is 11.1. The van der Waals surface area contributed by atoms with Gasteiger partial charge >= 0.3 is 0 Å². The molecule has 0 bridgehead atoms. The Balaban J connectivity index is 2.28. The second-order valence-corrected chi connectivity index (χ2v) is 6.17. The molecule has 0 fully saturated rings. The Morgan fingerprint density at radius 2 is 2.09 bits per heavy atom. The van der Waals surface area contributed by atoms with E-state index in [0.717, 1.165) is 27.5 Å². The highest BCUT2D eigenvalue weighted by Gasteiger charge is 2.20. The van der Waals surface area contributed by atoms with Gasteiger partial charge in [-0.2, -0.15) is 4.99 Å². The Labute approximate surface area is 139 Å². The molecular formula is C19H14N2OS. The van der Waals surface area contributed by atoms with Crippen LogP contribution < -0.4 is 5.73 Å². The molecule has 0 atom stereocenters. The molecule has 1 amide bonds. The zero-order valence-corrected chi connectivity index (χ0v) is 13.4. The largest absolute Gasteiger partial charge is 0.378 e. The average Bonchev–Trinajstić information content (AvgIpc) is 2.84. The predicted molar refractivity (Wildman–Crippen MR) is 98.7 cm³/mol. The normalized spacial score (nSPS) is 16.3. The fraction of sp³-hybridized carbons (Fsp3) is 0.0526. The van der Waals surface area contributed by atoms with Crippen LogP contribution in [0.5, 0.6) is 0 Å². The molecule has 0 aromatic heterocycles. The lowest BCUT2D eigenvalue weighted by atomic mass is 9.94. The van der Waals surface area contributed by atoms with E-state index in [-0.39, 0.29) is 11.1 Å². The average molecular weight is 318 g/mol. The van der Waals surface area contributed by atoms with E-state index in [4.69, 9.17) is 12.2 Å². The van der Waals surface area contributed by atoms with Gasteiger partial charge in [-0.1, -0.05) is 36.3 Å². The standard InChI is InChI=1S/C19H14N2OS/c1-3-4-8-14-12(2)10-13-7-5-6-9-15(13)16(14)11-17-18(22)21-19(20)23-17/h1,4-11H,2H3,(H2,20,21,22)/b8-4-,17-11-. The minimum absolute atomic E-state index is 0.277. The Morgan fingerprint density at radius 1 is 1.30 bits per heavy atom. The number of amidine groups is 1. The quantitative estimate of drug-likeness (QED) is 0.678. The van der Waals surface area contributed by atoms with Gasteiger partial charge < -0.3 is 5.73 Å². The van der Waals surface area contributed by atoms with Crippen molar-refractivity contribution in [3.8, 4) is 12.3 Å². The number of nitrogens with zero attached hydrogens (tertiary/aromatic N) is 1. The molecule has 0 radical (unpaired) electrons. The monoisotopic (exact) mass is 318 g/mol. The summed E-state index contributed by atoms with van der Waals surface area (Å²) in [7, 11) is 0. The number of allylic oxidation sites excluding steroid dienone is 1. The van der Waals surface area contributed by atoms with E-state index in [1.807, 2.05) is 43.3 Å². The molecule has 2 aromatic rings. The lowest BCUT2D eigenvalue weighted by molar-refractivity contribution is -0.113. The first-order valence-electron chi connectivity index (χ1n) is 7.03. The number of aryl methyl sites for hydroxylation is 1. The second-order valence-electron chi connectivity index (χ2n) is 5.11. The van der Waals surface area contributed by atoms with Crippen molar-refractivity contribution in [3.05, 3.63) is 58.0 Å². The Bertz CT molecular complexity index is 946. The van der Waals surface area contributed by atoms with Crippen LogP contribution in [0.1, 0.15) is 16.7 Å². The molecule has 1 heterocycles. The first-order valence-corrected chi connectivity index (χ1v) is 7.85. The molecule has 23 heavy (non-hydrogen) atoms. The Hall–Kier alpha value is -2.77. The zero-order chi connectivity index (χ0) is 16.4. The number of nitrogens with two attached hydrogens (primary N) is 1. The van der Waals surface area contributed by atoms with Crippen molar-refractivity contribution in [2.75, 3.05) is 0 Å². The molecule has 0 saturated heterocycles. The third kappa shape index (κ3) is 2.92. The molecule has 0 spiro atoms. The van der Waals surface area contributed by atoms with Gasteiger partial charge in [-0.3, -0.25) is 4.79 Å². The lowest BCUT2D eigenvalue weighted by Crippen LogP contribution is -2.01. The minimum atomic E-state index is -0.301. The number of fused-ring (bicyclic) bond motifs is 1. The summed E-state index contributed by atoms with van der Waals surface area (Å²) in [4.78, 5) is 16.2. The molecule has 3 nitrogen and oxygen atoms in total. The molecule has 0 unspecified atom stereocenters. The summed E-state index contributed by atoms with van der Waals surface area (Å²) in [5.41, 5.74) is 8.68. The summed E-state index contributed by atoms with van der Waals surface area (Å²) in [6, 6.07) is 10.2. The fourth-order valence-electron chi connectivity index (χ4n) is 2.60. The summed E-state index contributed by atoms with van der Waals surface area (Å²) < 4.78 is 0. The number of thioether (sulfide) groups is 1. The van der Waals surface area contributed by atoms with E-state index in [1.165, 1.54) is 11.8 Å². The summed E-state index contributed by atoms with van der Waals surface area (Å²) in [6.07, 6.45) is 10.7. The van der Waals surface area contributed by atoms with Crippen LogP contribution in [0.25, 0.3) is 22.9 Å². The van der Waals surface area contributed by atoms with Gasteiger partial charge in [0, 0.05) is 0 Å². The lowest BCUT2D eigenvalue weighted by Gasteiger charge is -2.11. The Kier molecular flexibility index (Phi) is 4.05. The molecule has 3 rings (SSSR count). The van der Waals surface area contributed by atoms with Gasteiger partial charge in [-0.05, 0) is 64.4 Å². The van der Waals surface area contributed by atoms with Crippen molar-refractivity contribution >= 4 is 45.8 Å². The van der Waals surface area contributed by atoms with Crippen LogP contribution in [0.3, 0.4) is 0 Å². The molecule has 2 aromatic carbocycles. The van der Waals surface area contributed by atoms with Crippen LogP contribution in [0, 0.1) is 19.3 Å². The fourth-order valence-corrected chi connectivity index (χ4v) is 3.27. The molecule has 1 aliphatic rings. The maximum absolute atomic E-state index is 11.9. The molecular weight excluding hydrogens is 304 g/mol. The van der Waals surface area contributed by atoms with Crippen molar-refractivity contribution in [1.82, 2.24) is 0 Å². The number of terminal acetylenes is 1. The van der Waals surface area contributed by atoms with Crippen LogP contribution in [-0.4, -0.2) is 11.1 Å². The van der Waals surface area contributed by atoms with Crippen LogP contribution in [-0.2, 0) is 4.79 Å². The van der Waals surface area contributed by atoms with Crippen molar-refractivity contribution in [2.45, 2.75) is 6.92 Å². The van der Waals surface area contributed by atoms with Crippen LogP contribution in [0.15, 0.2) is 46.3 Å². The van der Waals surface area contributed by atoms with Crippen molar-refractivity contribution in [1.29, 1.82) is 0 Å². The van der Waals surface area contributed by atoms with Gasteiger partial charge in [-0.15, -0.1) is 6.42 Å². The van der Waals surface area contributed by atoms with E-state index in [2.05, 4.69) is 17.0 Å².